The highest BCUT2D eigenvalue weighted by molar-refractivity contribution is 7.99. The van der Waals surface area contributed by atoms with Crippen LogP contribution in [-0.2, 0) is 16.1 Å². The molecule has 0 aliphatic carbocycles. The van der Waals surface area contributed by atoms with Crippen LogP contribution in [0.4, 0.5) is 0 Å². The van der Waals surface area contributed by atoms with Crippen LogP contribution in [0.1, 0.15) is 41.4 Å². The summed E-state index contributed by atoms with van der Waals surface area (Å²) in [6.07, 6.45) is 2.43. The summed E-state index contributed by atoms with van der Waals surface area (Å²) in [5.74, 6) is 0.420. The van der Waals surface area contributed by atoms with Crippen LogP contribution < -0.4 is 0 Å². The Kier molecular flexibility index (Phi) is 7.33. The first kappa shape index (κ1) is 22.6. The third-order valence-corrected chi connectivity index (χ3v) is 7.13. The number of ether oxygens (including phenoxy) is 1. The molecule has 2 heterocycles. The lowest BCUT2D eigenvalue weighted by molar-refractivity contribution is -0.128. The fraction of sp³-hybridized carbons (Fsp3) is 0.385. The van der Waals surface area contributed by atoms with Crippen molar-refractivity contribution in [3.8, 4) is 0 Å². The minimum Gasteiger partial charge on any atom is -0.376 e. The van der Waals surface area contributed by atoms with Crippen molar-refractivity contribution in [1.29, 1.82) is 0 Å². The van der Waals surface area contributed by atoms with E-state index >= 15 is 0 Å². The maximum atomic E-state index is 13.3. The van der Waals surface area contributed by atoms with Crippen LogP contribution >= 0.6 is 11.8 Å². The highest BCUT2D eigenvalue weighted by atomic mass is 32.2. The second-order valence-electron chi connectivity index (χ2n) is 8.33. The fourth-order valence-electron chi connectivity index (χ4n) is 4.22. The molecule has 1 aromatic heterocycles. The Labute approximate surface area is 194 Å². The molecule has 1 amide bonds. The zero-order valence-corrected chi connectivity index (χ0v) is 19.8. The van der Waals surface area contributed by atoms with Crippen molar-refractivity contribution in [3.05, 3.63) is 83.2 Å². The summed E-state index contributed by atoms with van der Waals surface area (Å²) in [6, 6.07) is 20.3. The van der Waals surface area contributed by atoms with Crippen LogP contribution in [0.3, 0.4) is 0 Å². The highest BCUT2D eigenvalue weighted by Crippen LogP contribution is 2.29. The third-order valence-electron chi connectivity index (χ3n) is 6.17. The number of nitrogens with zero attached hydrogens (tertiary/aromatic N) is 3. The summed E-state index contributed by atoms with van der Waals surface area (Å²) in [6.45, 7) is 5.76. The number of aromatic nitrogens is 2. The molecule has 6 heteroatoms. The summed E-state index contributed by atoms with van der Waals surface area (Å²) in [5, 5.41) is 0.897. The summed E-state index contributed by atoms with van der Waals surface area (Å²) in [7, 11) is 1.89. The molecule has 32 heavy (non-hydrogen) atoms. The van der Waals surface area contributed by atoms with Gasteiger partial charge in [0.2, 0.25) is 5.91 Å². The van der Waals surface area contributed by atoms with Crippen LogP contribution in [0.5, 0.6) is 0 Å². The number of carbonyl (C=O) groups excluding carboxylic acids is 1. The number of hydrogen-bond acceptors (Lipinski definition) is 4. The van der Waals surface area contributed by atoms with Gasteiger partial charge < -0.3 is 14.2 Å². The first-order valence-corrected chi connectivity index (χ1v) is 12.2. The second kappa shape index (κ2) is 10.4. The van der Waals surface area contributed by atoms with Gasteiger partial charge >= 0.3 is 0 Å². The normalized spacial score (nSPS) is 15.9. The molecule has 1 saturated heterocycles. The van der Waals surface area contributed by atoms with E-state index in [1.807, 2.05) is 55.3 Å². The van der Waals surface area contributed by atoms with E-state index in [-0.39, 0.29) is 18.1 Å². The summed E-state index contributed by atoms with van der Waals surface area (Å²) in [4.78, 5) is 19.9. The molecule has 3 aromatic rings. The average Bonchev–Trinajstić information content (AvgIpc) is 3.43. The summed E-state index contributed by atoms with van der Waals surface area (Å²) < 4.78 is 8.05. The SMILES string of the molecule is Cc1nc(SCC(=O)N(C)C(c2ccccc2)c2ccccc2)n(C[C@@H]2CCCO2)c1C. The molecule has 4 rings (SSSR count). The minimum atomic E-state index is -0.124. The molecule has 0 spiro atoms. The average molecular weight is 450 g/mol. The van der Waals surface area contributed by atoms with Crippen molar-refractivity contribution in [1.82, 2.24) is 14.5 Å². The number of carbonyl (C=O) groups is 1. The van der Waals surface area contributed by atoms with Gasteiger partial charge in [-0.3, -0.25) is 4.79 Å². The van der Waals surface area contributed by atoms with Gasteiger partial charge in [0.1, 0.15) is 0 Å². The number of rotatable bonds is 8. The number of amides is 1. The molecule has 1 atom stereocenters. The van der Waals surface area contributed by atoms with Gasteiger partial charge in [0, 0.05) is 19.3 Å². The van der Waals surface area contributed by atoms with Crippen molar-refractivity contribution < 1.29 is 9.53 Å². The number of aryl methyl sites for hydroxylation is 1. The van der Waals surface area contributed by atoms with Crippen LogP contribution in [0.25, 0.3) is 0 Å². The molecule has 0 unspecified atom stereocenters. The van der Waals surface area contributed by atoms with Crippen molar-refractivity contribution in [2.75, 3.05) is 19.4 Å². The monoisotopic (exact) mass is 449 g/mol. The van der Waals surface area contributed by atoms with E-state index in [0.717, 1.165) is 53.7 Å². The van der Waals surface area contributed by atoms with E-state index in [1.54, 1.807) is 0 Å². The van der Waals surface area contributed by atoms with Crippen LogP contribution in [0, 0.1) is 13.8 Å². The van der Waals surface area contributed by atoms with E-state index in [9.17, 15) is 4.79 Å². The largest absolute Gasteiger partial charge is 0.376 e. The molecule has 0 saturated carbocycles. The van der Waals surface area contributed by atoms with Crippen LogP contribution in [0.15, 0.2) is 65.8 Å². The van der Waals surface area contributed by atoms with Gasteiger partial charge in [-0.05, 0) is 37.8 Å². The summed E-state index contributed by atoms with van der Waals surface area (Å²) in [5.41, 5.74) is 4.37. The molecule has 2 aromatic carbocycles. The van der Waals surface area contributed by atoms with Crippen LogP contribution in [0.2, 0.25) is 0 Å². The topological polar surface area (TPSA) is 47.4 Å². The molecule has 168 valence electrons. The Morgan fingerprint density at radius 3 is 2.31 bits per heavy atom. The first-order valence-electron chi connectivity index (χ1n) is 11.2. The lowest BCUT2D eigenvalue weighted by atomic mass is 9.97. The summed E-state index contributed by atoms with van der Waals surface area (Å²) >= 11 is 1.51. The zero-order chi connectivity index (χ0) is 22.5. The van der Waals surface area contributed by atoms with Gasteiger partial charge in [0.15, 0.2) is 5.16 Å². The van der Waals surface area contributed by atoms with Gasteiger partial charge in [-0.1, -0.05) is 72.4 Å². The standard InChI is InChI=1S/C26H31N3O2S/c1-19-20(2)29(17-23-15-10-16-31-23)26(27-19)32-18-24(30)28(3)25(21-11-6-4-7-12-21)22-13-8-5-9-14-22/h4-9,11-14,23,25H,10,15-18H2,1-3H3/t23-/m0/s1. The molecule has 1 aliphatic heterocycles. The van der Waals surface area contributed by atoms with E-state index < -0.39 is 0 Å². The van der Waals surface area contributed by atoms with Crippen LogP contribution in [-0.4, -0.2) is 45.9 Å². The molecule has 5 nitrogen and oxygen atoms in total. The maximum Gasteiger partial charge on any atom is 0.233 e. The molecular weight excluding hydrogens is 418 g/mol. The van der Waals surface area contributed by atoms with Gasteiger partial charge in [0.05, 0.1) is 30.1 Å². The molecule has 0 bridgehead atoms. The quantitative estimate of drug-likeness (QED) is 0.453. The molecule has 0 radical (unpaired) electrons. The predicted octanol–water partition coefficient (Wildman–Crippen LogP) is 5.02. The van der Waals surface area contributed by atoms with Gasteiger partial charge in [0.25, 0.3) is 0 Å². The van der Waals surface area contributed by atoms with Crippen molar-refractivity contribution in [2.45, 2.75) is 50.5 Å². The Morgan fingerprint density at radius 1 is 1.12 bits per heavy atom. The lowest BCUT2D eigenvalue weighted by Crippen LogP contribution is -2.33. The van der Waals surface area contributed by atoms with Crippen molar-refractivity contribution in [3.63, 3.8) is 0 Å². The van der Waals surface area contributed by atoms with Gasteiger partial charge in [-0.2, -0.15) is 0 Å². The Balaban J connectivity index is 1.50. The van der Waals surface area contributed by atoms with Gasteiger partial charge in [-0.15, -0.1) is 0 Å². The minimum absolute atomic E-state index is 0.0784. The molecular formula is C26H31N3O2S. The Bertz CT molecular complexity index is 990. The van der Waals surface area contributed by atoms with Gasteiger partial charge in [-0.25, -0.2) is 4.98 Å². The third kappa shape index (κ3) is 5.08. The van der Waals surface area contributed by atoms with E-state index in [0.29, 0.717) is 5.75 Å². The zero-order valence-electron chi connectivity index (χ0n) is 19.0. The first-order chi connectivity index (χ1) is 15.5. The number of imidazole rings is 1. The van der Waals surface area contributed by atoms with Crippen molar-refractivity contribution in [2.24, 2.45) is 0 Å². The van der Waals surface area contributed by atoms with E-state index in [4.69, 9.17) is 9.72 Å². The number of benzene rings is 2. The molecule has 0 N–H and O–H groups in total. The fourth-order valence-corrected chi connectivity index (χ4v) is 5.25. The Morgan fingerprint density at radius 2 is 1.75 bits per heavy atom. The predicted molar refractivity (Wildman–Crippen MR) is 129 cm³/mol. The lowest BCUT2D eigenvalue weighted by Gasteiger charge is -2.29. The molecule has 1 aliphatic rings. The maximum absolute atomic E-state index is 13.3. The Hall–Kier alpha value is -2.57. The molecule has 1 fully saturated rings. The number of hydrogen-bond donors (Lipinski definition) is 0. The second-order valence-corrected chi connectivity index (χ2v) is 9.27. The van der Waals surface area contributed by atoms with E-state index in [1.165, 1.54) is 11.8 Å². The smallest absolute Gasteiger partial charge is 0.233 e. The van der Waals surface area contributed by atoms with Crippen molar-refractivity contribution >= 4 is 17.7 Å². The number of thioether (sulfide) groups is 1. The highest BCUT2D eigenvalue weighted by Gasteiger charge is 2.25. The van der Waals surface area contributed by atoms with E-state index in [2.05, 4.69) is 35.8 Å².